The van der Waals surface area contributed by atoms with E-state index >= 15 is 0 Å². The largest absolute Gasteiger partial charge is 0.383 e. The van der Waals surface area contributed by atoms with Gasteiger partial charge in [0.1, 0.15) is 5.82 Å². The van der Waals surface area contributed by atoms with E-state index in [-0.39, 0.29) is 0 Å². The molecule has 0 bridgehead atoms. The predicted molar refractivity (Wildman–Crippen MR) is 74.3 cm³/mol. The maximum Gasteiger partial charge on any atom is 0.186 e. The van der Waals surface area contributed by atoms with Crippen molar-refractivity contribution in [3.05, 3.63) is 35.5 Å². The molecule has 3 N–H and O–H groups in total. The minimum absolute atomic E-state index is 0.549. The minimum Gasteiger partial charge on any atom is -0.383 e. The average Bonchev–Trinajstić information content (AvgIpc) is 3.06. The van der Waals surface area contributed by atoms with Crippen molar-refractivity contribution >= 4 is 16.9 Å². The van der Waals surface area contributed by atoms with Gasteiger partial charge in [-0.15, -0.1) is 0 Å². The highest BCUT2D eigenvalue weighted by atomic mass is 15.4. The summed E-state index contributed by atoms with van der Waals surface area (Å²) in [6.45, 7) is 2.07. The van der Waals surface area contributed by atoms with Gasteiger partial charge in [-0.2, -0.15) is 10.2 Å². The molecule has 5 heteroatoms. The van der Waals surface area contributed by atoms with E-state index in [0.29, 0.717) is 11.7 Å². The van der Waals surface area contributed by atoms with E-state index < -0.39 is 0 Å². The van der Waals surface area contributed by atoms with E-state index in [1.165, 1.54) is 18.4 Å². The number of aromatic nitrogens is 4. The van der Waals surface area contributed by atoms with Gasteiger partial charge in [0.25, 0.3) is 0 Å². The molecular weight excluding hydrogens is 238 g/mol. The van der Waals surface area contributed by atoms with Crippen LogP contribution in [0.15, 0.2) is 24.3 Å². The number of nitrogens with two attached hydrogens (primary N) is 1. The van der Waals surface area contributed by atoms with Crippen molar-refractivity contribution in [2.75, 3.05) is 5.73 Å². The van der Waals surface area contributed by atoms with E-state index in [0.717, 1.165) is 22.4 Å². The molecule has 0 aliphatic heterocycles. The Hall–Kier alpha value is -2.30. The van der Waals surface area contributed by atoms with Gasteiger partial charge in [0.15, 0.2) is 5.65 Å². The first-order valence-electron chi connectivity index (χ1n) is 6.53. The van der Waals surface area contributed by atoms with Crippen molar-refractivity contribution in [3.63, 3.8) is 0 Å². The lowest BCUT2D eigenvalue weighted by Crippen LogP contribution is -1.98. The maximum absolute atomic E-state index is 5.99. The highest BCUT2D eigenvalue weighted by Gasteiger charge is 2.31. The Bertz CT molecular complexity index is 763. The summed E-state index contributed by atoms with van der Waals surface area (Å²) >= 11 is 0. The second-order valence-electron chi connectivity index (χ2n) is 5.25. The third kappa shape index (κ3) is 1.54. The molecule has 19 heavy (non-hydrogen) atoms. The van der Waals surface area contributed by atoms with Gasteiger partial charge in [-0.1, -0.05) is 12.1 Å². The first-order valence-corrected chi connectivity index (χ1v) is 6.53. The van der Waals surface area contributed by atoms with Gasteiger partial charge < -0.3 is 5.73 Å². The van der Waals surface area contributed by atoms with Gasteiger partial charge >= 0.3 is 0 Å². The normalized spacial score (nSPS) is 15.2. The lowest BCUT2D eigenvalue weighted by Gasteiger charge is -2.02. The molecule has 0 saturated heterocycles. The second-order valence-corrected chi connectivity index (χ2v) is 5.25. The number of benzene rings is 1. The molecule has 0 unspecified atom stereocenters. The molecule has 4 rings (SSSR count). The second kappa shape index (κ2) is 3.60. The van der Waals surface area contributed by atoms with Crippen molar-refractivity contribution in [2.45, 2.75) is 25.7 Å². The van der Waals surface area contributed by atoms with Gasteiger partial charge in [0, 0.05) is 5.92 Å². The maximum atomic E-state index is 5.99. The van der Waals surface area contributed by atoms with Crippen molar-refractivity contribution in [1.29, 1.82) is 0 Å². The number of nitrogens with zero attached hydrogens (tertiary/aromatic N) is 3. The molecule has 1 aromatic carbocycles. The average molecular weight is 253 g/mol. The van der Waals surface area contributed by atoms with Crippen LogP contribution in [-0.4, -0.2) is 20.0 Å². The number of nitrogen functional groups attached to an aromatic ring is 1. The standard InChI is InChI=1S/C14H15N5/c1-8-3-2-4-10(7-8)19-14-11(13(15)16-17-14)12(18-19)9-5-6-9/h2-4,7,9H,5-6H2,1H3,(H3,15,16,17). The Balaban J connectivity index is 1.99. The first kappa shape index (κ1) is 10.6. The van der Waals surface area contributed by atoms with E-state index in [4.69, 9.17) is 10.8 Å². The summed E-state index contributed by atoms with van der Waals surface area (Å²) in [6.07, 6.45) is 2.40. The van der Waals surface area contributed by atoms with Crippen LogP contribution in [-0.2, 0) is 0 Å². The molecule has 1 fully saturated rings. The summed E-state index contributed by atoms with van der Waals surface area (Å²) in [7, 11) is 0. The van der Waals surface area contributed by atoms with Gasteiger partial charge in [-0.25, -0.2) is 4.68 Å². The molecule has 1 aliphatic carbocycles. The van der Waals surface area contributed by atoms with Crippen LogP contribution in [0.2, 0.25) is 0 Å². The van der Waals surface area contributed by atoms with Crippen molar-refractivity contribution in [3.8, 4) is 5.69 Å². The Morgan fingerprint density at radius 2 is 2.21 bits per heavy atom. The molecule has 0 spiro atoms. The third-order valence-corrected chi connectivity index (χ3v) is 3.65. The summed E-state index contributed by atoms with van der Waals surface area (Å²) in [6, 6.07) is 8.25. The van der Waals surface area contributed by atoms with Crippen LogP contribution < -0.4 is 5.73 Å². The first-order chi connectivity index (χ1) is 9.24. The lowest BCUT2D eigenvalue weighted by atomic mass is 10.2. The van der Waals surface area contributed by atoms with E-state index in [1.807, 2.05) is 16.8 Å². The van der Waals surface area contributed by atoms with Crippen LogP contribution in [0.5, 0.6) is 0 Å². The van der Waals surface area contributed by atoms with E-state index in [1.54, 1.807) is 0 Å². The van der Waals surface area contributed by atoms with E-state index in [2.05, 4.69) is 29.3 Å². The molecule has 0 atom stereocenters. The monoisotopic (exact) mass is 253 g/mol. The lowest BCUT2D eigenvalue weighted by molar-refractivity contribution is 0.839. The number of hydrogen-bond acceptors (Lipinski definition) is 3. The fourth-order valence-corrected chi connectivity index (χ4v) is 2.54. The Labute approximate surface area is 110 Å². The number of aryl methyl sites for hydroxylation is 1. The zero-order valence-electron chi connectivity index (χ0n) is 10.7. The summed E-state index contributed by atoms with van der Waals surface area (Å²) in [4.78, 5) is 0. The highest BCUT2D eigenvalue weighted by molar-refractivity contribution is 5.90. The summed E-state index contributed by atoms with van der Waals surface area (Å²) < 4.78 is 1.89. The highest BCUT2D eigenvalue weighted by Crippen LogP contribution is 2.43. The number of hydrogen-bond donors (Lipinski definition) is 2. The molecular formula is C14H15N5. The van der Waals surface area contributed by atoms with Gasteiger partial charge in [-0.3, -0.25) is 5.10 Å². The quantitative estimate of drug-likeness (QED) is 0.737. The fraction of sp³-hybridized carbons (Fsp3) is 0.286. The molecule has 2 aromatic heterocycles. The molecule has 96 valence electrons. The number of nitrogens with one attached hydrogen (secondary N) is 1. The van der Waals surface area contributed by atoms with Crippen molar-refractivity contribution in [1.82, 2.24) is 20.0 Å². The molecule has 5 nitrogen and oxygen atoms in total. The van der Waals surface area contributed by atoms with Crippen LogP contribution in [0.3, 0.4) is 0 Å². The zero-order valence-corrected chi connectivity index (χ0v) is 10.7. The van der Waals surface area contributed by atoms with Crippen LogP contribution in [0.1, 0.15) is 30.0 Å². The van der Waals surface area contributed by atoms with Crippen LogP contribution in [0.4, 0.5) is 5.82 Å². The fourth-order valence-electron chi connectivity index (χ4n) is 2.54. The SMILES string of the molecule is Cc1cccc(-n2nc(C3CC3)c3c(N)[nH]nc32)c1. The van der Waals surface area contributed by atoms with Gasteiger partial charge in [0.2, 0.25) is 0 Å². The van der Waals surface area contributed by atoms with Gasteiger partial charge in [-0.05, 0) is 37.5 Å². The topological polar surface area (TPSA) is 72.5 Å². The number of anilines is 1. The number of rotatable bonds is 2. The van der Waals surface area contributed by atoms with Crippen LogP contribution in [0.25, 0.3) is 16.7 Å². The van der Waals surface area contributed by atoms with Crippen molar-refractivity contribution in [2.24, 2.45) is 0 Å². The smallest absolute Gasteiger partial charge is 0.186 e. The van der Waals surface area contributed by atoms with Gasteiger partial charge in [0.05, 0.1) is 16.8 Å². The van der Waals surface area contributed by atoms with Crippen LogP contribution in [0, 0.1) is 6.92 Å². The van der Waals surface area contributed by atoms with Crippen LogP contribution >= 0.6 is 0 Å². The molecule has 1 aliphatic rings. The Morgan fingerprint density at radius 3 is 2.95 bits per heavy atom. The summed E-state index contributed by atoms with van der Waals surface area (Å²) in [5, 5.41) is 12.9. The van der Waals surface area contributed by atoms with Crippen molar-refractivity contribution < 1.29 is 0 Å². The number of aromatic amines is 1. The predicted octanol–water partition coefficient (Wildman–Crippen LogP) is 2.52. The number of fused-ring (bicyclic) bond motifs is 1. The third-order valence-electron chi connectivity index (χ3n) is 3.65. The Kier molecular flexibility index (Phi) is 2.01. The molecule has 0 amide bonds. The molecule has 0 radical (unpaired) electrons. The summed E-state index contributed by atoms with van der Waals surface area (Å²) in [5.41, 5.74) is 10.1. The molecule has 2 heterocycles. The number of H-pyrrole nitrogens is 1. The zero-order chi connectivity index (χ0) is 13.0. The Morgan fingerprint density at radius 1 is 1.37 bits per heavy atom. The molecule has 1 saturated carbocycles. The minimum atomic E-state index is 0.549. The van der Waals surface area contributed by atoms with E-state index in [9.17, 15) is 0 Å². The molecule has 3 aromatic rings. The summed E-state index contributed by atoms with van der Waals surface area (Å²) in [5.74, 6) is 1.17.